The summed E-state index contributed by atoms with van der Waals surface area (Å²) in [4.78, 5) is 23.7. The van der Waals surface area contributed by atoms with Crippen molar-refractivity contribution in [1.82, 2.24) is 0 Å². The summed E-state index contributed by atoms with van der Waals surface area (Å²) in [7, 11) is 0. The van der Waals surface area contributed by atoms with Gasteiger partial charge in [-0.25, -0.2) is 0 Å². The highest BCUT2D eigenvalue weighted by Gasteiger charge is 2.39. The molecule has 120 valence electrons. The van der Waals surface area contributed by atoms with Gasteiger partial charge in [0, 0.05) is 0 Å². The molecule has 4 heteroatoms. The van der Waals surface area contributed by atoms with Gasteiger partial charge < -0.3 is 9.84 Å². The van der Waals surface area contributed by atoms with Crippen molar-refractivity contribution in [2.45, 2.75) is 58.0 Å². The molecule has 0 saturated carbocycles. The molecule has 0 amide bonds. The molecule has 0 unspecified atom stereocenters. The molecule has 4 nitrogen and oxygen atoms in total. The number of benzene rings is 1. The number of fused-ring (bicyclic) bond motifs is 1. The Labute approximate surface area is 131 Å². The minimum absolute atomic E-state index is 0.0850. The molecule has 0 spiro atoms. The van der Waals surface area contributed by atoms with Crippen LogP contribution in [0.25, 0.3) is 0 Å². The first kappa shape index (κ1) is 16.5. The molecule has 0 radical (unpaired) electrons. The largest absolute Gasteiger partial charge is 0.481 e. The SMILES string of the molecule is C[C@H]1C[C@H]([C@H](CC(=O)OC(C)(C)C)C(=O)O)c2ccccc21. The molecule has 1 aromatic rings. The van der Waals surface area contributed by atoms with Gasteiger partial charge in [0.1, 0.15) is 5.60 Å². The van der Waals surface area contributed by atoms with Crippen molar-refractivity contribution in [3.05, 3.63) is 35.4 Å². The average Bonchev–Trinajstić information content (AvgIpc) is 2.72. The Morgan fingerprint density at radius 2 is 1.86 bits per heavy atom. The lowest BCUT2D eigenvalue weighted by Crippen LogP contribution is -2.29. The summed E-state index contributed by atoms with van der Waals surface area (Å²) in [5, 5.41) is 9.58. The number of rotatable bonds is 4. The summed E-state index contributed by atoms with van der Waals surface area (Å²) in [6.45, 7) is 7.46. The van der Waals surface area contributed by atoms with Crippen LogP contribution in [0.1, 0.15) is 63.5 Å². The summed E-state index contributed by atoms with van der Waals surface area (Å²) >= 11 is 0. The second kappa shape index (κ2) is 6.11. The van der Waals surface area contributed by atoms with Gasteiger partial charge in [0.15, 0.2) is 0 Å². The molecule has 22 heavy (non-hydrogen) atoms. The Hall–Kier alpha value is -1.84. The summed E-state index contributed by atoms with van der Waals surface area (Å²) in [5.74, 6) is -1.92. The molecule has 1 aliphatic rings. The van der Waals surface area contributed by atoms with Gasteiger partial charge in [-0.1, -0.05) is 31.2 Å². The number of carboxylic acid groups (broad SMARTS) is 1. The monoisotopic (exact) mass is 304 g/mol. The van der Waals surface area contributed by atoms with Crippen molar-refractivity contribution in [3.63, 3.8) is 0 Å². The van der Waals surface area contributed by atoms with Crippen molar-refractivity contribution in [2.75, 3.05) is 0 Å². The Bertz CT molecular complexity index is 571. The van der Waals surface area contributed by atoms with Crippen LogP contribution < -0.4 is 0 Å². The van der Waals surface area contributed by atoms with E-state index in [1.54, 1.807) is 20.8 Å². The van der Waals surface area contributed by atoms with E-state index in [1.165, 1.54) is 5.56 Å². The van der Waals surface area contributed by atoms with E-state index < -0.39 is 23.5 Å². The third-order valence-corrected chi connectivity index (χ3v) is 4.14. The topological polar surface area (TPSA) is 63.6 Å². The van der Waals surface area contributed by atoms with Crippen molar-refractivity contribution in [2.24, 2.45) is 5.92 Å². The average molecular weight is 304 g/mol. The van der Waals surface area contributed by atoms with E-state index in [4.69, 9.17) is 4.74 Å². The first-order valence-corrected chi connectivity index (χ1v) is 7.72. The minimum atomic E-state index is -0.931. The molecule has 0 heterocycles. The van der Waals surface area contributed by atoms with Crippen molar-refractivity contribution >= 4 is 11.9 Å². The Balaban J connectivity index is 2.20. The van der Waals surface area contributed by atoms with Crippen LogP contribution in [0.4, 0.5) is 0 Å². The molecule has 0 bridgehead atoms. The standard InChI is InChI=1S/C18H24O4/c1-11-9-14(13-8-6-5-7-12(11)13)15(17(20)21)10-16(19)22-18(2,3)4/h5-8,11,14-15H,9-10H2,1-4H3,(H,20,21)/t11-,14-,15-/m0/s1. The van der Waals surface area contributed by atoms with E-state index in [2.05, 4.69) is 6.92 Å². The van der Waals surface area contributed by atoms with E-state index in [1.807, 2.05) is 24.3 Å². The fraction of sp³-hybridized carbons (Fsp3) is 0.556. The lowest BCUT2D eigenvalue weighted by Gasteiger charge is -2.24. The quantitative estimate of drug-likeness (QED) is 0.861. The zero-order valence-electron chi connectivity index (χ0n) is 13.6. The lowest BCUT2D eigenvalue weighted by atomic mass is 9.84. The normalized spacial score (nSPS) is 22.0. The highest BCUT2D eigenvalue weighted by atomic mass is 16.6. The summed E-state index contributed by atoms with van der Waals surface area (Å²) < 4.78 is 5.29. The van der Waals surface area contributed by atoms with Crippen LogP contribution in [0, 0.1) is 5.92 Å². The highest BCUT2D eigenvalue weighted by molar-refractivity contribution is 5.80. The molecule has 3 atom stereocenters. The van der Waals surface area contributed by atoms with Gasteiger partial charge in [0.2, 0.25) is 0 Å². The van der Waals surface area contributed by atoms with Crippen molar-refractivity contribution in [3.8, 4) is 0 Å². The Morgan fingerprint density at radius 3 is 2.41 bits per heavy atom. The molecule has 1 aliphatic carbocycles. The van der Waals surface area contributed by atoms with Gasteiger partial charge >= 0.3 is 11.9 Å². The van der Waals surface area contributed by atoms with E-state index >= 15 is 0 Å². The molecular weight excluding hydrogens is 280 g/mol. The van der Waals surface area contributed by atoms with Crippen LogP contribution >= 0.6 is 0 Å². The smallest absolute Gasteiger partial charge is 0.307 e. The molecular formula is C18H24O4. The first-order valence-electron chi connectivity index (χ1n) is 7.72. The second-order valence-electron chi connectivity index (χ2n) is 7.11. The van der Waals surface area contributed by atoms with Crippen LogP contribution in [0.15, 0.2) is 24.3 Å². The minimum Gasteiger partial charge on any atom is -0.481 e. The van der Waals surface area contributed by atoms with E-state index in [0.717, 1.165) is 12.0 Å². The molecule has 1 N–H and O–H groups in total. The van der Waals surface area contributed by atoms with Crippen LogP contribution in [0.5, 0.6) is 0 Å². The Morgan fingerprint density at radius 1 is 1.27 bits per heavy atom. The summed E-state index contributed by atoms with van der Waals surface area (Å²) in [6, 6.07) is 7.93. The molecule has 0 aromatic heterocycles. The lowest BCUT2D eigenvalue weighted by molar-refractivity contribution is -0.160. The zero-order valence-corrected chi connectivity index (χ0v) is 13.6. The van der Waals surface area contributed by atoms with Crippen LogP contribution in [0.2, 0.25) is 0 Å². The number of aliphatic carboxylic acids is 1. The summed E-state index contributed by atoms with van der Waals surface area (Å²) in [5.41, 5.74) is 1.66. The van der Waals surface area contributed by atoms with Crippen molar-refractivity contribution < 1.29 is 19.4 Å². The van der Waals surface area contributed by atoms with Gasteiger partial charge in [0.05, 0.1) is 12.3 Å². The molecule has 1 aromatic carbocycles. The fourth-order valence-corrected chi connectivity index (χ4v) is 3.28. The molecule has 0 aliphatic heterocycles. The van der Waals surface area contributed by atoms with Gasteiger partial charge in [0.25, 0.3) is 0 Å². The van der Waals surface area contributed by atoms with Gasteiger partial charge in [-0.2, -0.15) is 0 Å². The van der Waals surface area contributed by atoms with Crippen LogP contribution in [-0.4, -0.2) is 22.6 Å². The predicted octanol–water partition coefficient (Wildman–Crippen LogP) is 3.71. The van der Waals surface area contributed by atoms with Gasteiger partial charge in [-0.3, -0.25) is 9.59 Å². The number of ether oxygens (including phenoxy) is 1. The maximum atomic E-state index is 12.0. The highest BCUT2D eigenvalue weighted by Crippen LogP contribution is 2.46. The Kier molecular flexibility index (Phi) is 4.59. The third kappa shape index (κ3) is 3.67. The predicted molar refractivity (Wildman–Crippen MR) is 83.8 cm³/mol. The number of carboxylic acids is 1. The number of hydrogen-bond donors (Lipinski definition) is 1. The maximum Gasteiger partial charge on any atom is 0.307 e. The zero-order chi connectivity index (χ0) is 16.5. The van der Waals surface area contributed by atoms with E-state index in [9.17, 15) is 14.7 Å². The molecule has 0 fully saturated rings. The first-order chi connectivity index (χ1) is 10.2. The van der Waals surface area contributed by atoms with Gasteiger partial charge in [-0.05, 0) is 50.2 Å². The number of carbonyl (C=O) groups excluding carboxylic acids is 1. The van der Waals surface area contributed by atoms with Crippen LogP contribution in [-0.2, 0) is 14.3 Å². The number of esters is 1. The third-order valence-electron chi connectivity index (χ3n) is 4.14. The number of hydrogen-bond acceptors (Lipinski definition) is 3. The maximum absolute atomic E-state index is 12.0. The van der Waals surface area contributed by atoms with Crippen molar-refractivity contribution in [1.29, 1.82) is 0 Å². The summed E-state index contributed by atoms with van der Waals surface area (Å²) in [6.07, 6.45) is 0.678. The van der Waals surface area contributed by atoms with E-state index in [0.29, 0.717) is 5.92 Å². The van der Waals surface area contributed by atoms with E-state index in [-0.39, 0.29) is 12.3 Å². The second-order valence-corrected chi connectivity index (χ2v) is 7.11. The molecule has 0 saturated heterocycles. The molecule has 2 rings (SSSR count). The fourth-order valence-electron chi connectivity index (χ4n) is 3.28. The van der Waals surface area contributed by atoms with Gasteiger partial charge in [-0.15, -0.1) is 0 Å². The number of carbonyl (C=O) groups is 2. The van der Waals surface area contributed by atoms with Crippen LogP contribution in [0.3, 0.4) is 0 Å².